The summed E-state index contributed by atoms with van der Waals surface area (Å²) >= 11 is 0. The smallest absolute Gasteiger partial charge is 0.314 e. The van der Waals surface area contributed by atoms with Gasteiger partial charge in [-0.1, -0.05) is 48.5 Å². The number of carbonyl (C=O) groups excluding carboxylic acids is 1. The number of carbonyl (C=O) groups is 1. The van der Waals surface area contributed by atoms with Crippen LogP contribution in [-0.2, 0) is 4.79 Å². The van der Waals surface area contributed by atoms with Crippen LogP contribution < -0.4 is 4.74 Å². The molecule has 3 rings (SSSR count). The first-order chi connectivity index (χ1) is 9.66. The van der Waals surface area contributed by atoms with Gasteiger partial charge in [-0.3, -0.25) is 4.79 Å². The van der Waals surface area contributed by atoms with E-state index < -0.39 is 0 Å². The zero-order valence-electron chi connectivity index (χ0n) is 11.8. The Labute approximate surface area is 119 Å². The van der Waals surface area contributed by atoms with Crippen LogP contribution in [0.3, 0.4) is 0 Å². The van der Waals surface area contributed by atoms with Crippen molar-refractivity contribution in [3.63, 3.8) is 0 Å². The molecule has 0 N–H and O–H groups in total. The van der Waals surface area contributed by atoms with Crippen molar-refractivity contribution in [1.82, 2.24) is 0 Å². The third kappa shape index (κ3) is 2.46. The van der Waals surface area contributed by atoms with Crippen LogP contribution in [0.15, 0.2) is 48.5 Å². The van der Waals surface area contributed by atoms with Crippen LogP contribution in [0.2, 0.25) is 0 Å². The molecule has 1 saturated carbocycles. The lowest BCUT2D eigenvalue weighted by Gasteiger charge is -2.10. The lowest BCUT2D eigenvalue weighted by atomic mass is 10.1. The van der Waals surface area contributed by atoms with Crippen LogP contribution in [0, 0.1) is 19.8 Å². The second kappa shape index (κ2) is 5.12. The van der Waals surface area contributed by atoms with Crippen molar-refractivity contribution >= 4 is 5.97 Å². The molecule has 0 aliphatic heterocycles. The molecule has 1 aliphatic carbocycles. The fourth-order valence-corrected chi connectivity index (χ4v) is 2.66. The van der Waals surface area contributed by atoms with Crippen LogP contribution in [0.25, 0.3) is 0 Å². The molecule has 0 amide bonds. The molecular weight excluding hydrogens is 248 g/mol. The predicted octanol–water partition coefficient (Wildman–Crippen LogP) is 4.01. The van der Waals surface area contributed by atoms with Crippen LogP contribution >= 0.6 is 0 Å². The van der Waals surface area contributed by atoms with Crippen LogP contribution in [-0.4, -0.2) is 5.97 Å². The number of hydrogen-bond donors (Lipinski definition) is 0. The average Bonchev–Trinajstić information content (AvgIpc) is 3.24. The fourth-order valence-electron chi connectivity index (χ4n) is 2.66. The normalized spacial score (nSPS) is 20.5. The number of rotatable bonds is 3. The zero-order valence-corrected chi connectivity index (χ0v) is 11.8. The van der Waals surface area contributed by atoms with Crippen LogP contribution in [0.4, 0.5) is 0 Å². The summed E-state index contributed by atoms with van der Waals surface area (Å²) in [7, 11) is 0. The molecule has 0 radical (unpaired) electrons. The largest absolute Gasteiger partial charge is 0.426 e. The van der Waals surface area contributed by atoms with Gasteiger partial charge >= 0.3 is 5.97 Å². The zero-order chi connectivity index (χ0) is 14.1. The molecule has 20 heavy (non-hydrogen) atoms. The molecule has 0 bridgehead atoms. The van der Waals surface area contributed by atoms with Crippen molar-refractivity contribution in [3.05, 3.63) is 65.2 Å². The molecule has 2 heteroatoms. The van der Waals surface area contributed by atoms with E-state index in [0.717, 1.165) is 23.3 Å². The van der Waals surface area contributed by atoms with E-state index >= 15 is 0 Å². The van der Waals surface area contributed by atoms with E-state index in [4.69, 9.17) is 4.74 Å². The number of hydrogen-bond acceptors (Lipinski definition) is 2. The number of benzene rings is 2. The molecule has 0 heterocycles. The standard InChI is InChI=1S/C18H18O2/c1-12-7-6-8-13(2)17(12)20-18(19)16-11-15(16)14-9-4-3-5-10-14/h3-10,15-16H,11H2,1-2H3/t15-,16+/m0/s1. The van der Waals surface area contributed by atoms with Gasteiger partial charge in [0, 0.05) is 0 Å². The SMILES string of the molecule is Cc1cccc(C)c1OC(=O)[C@@H]1C[C@H]1c1ccccc1. The summed E-state index contributed by atoms with van der Waals surface area (Å²) in [6.45, 7) is 3.94. The van der Waals surface area contributed by atoms with Gasteiger partial charge in [0.2, 0.25) is 0 Å². The molecule has 1 aliphatic rings. The topological polar surface area (TPSA) is 26.3 Å². The molecule has 2 aromatic carbocycles. The third-order valence-corrected chi connectivity index (χ3v) is 3.93. The summed E-state index contributed by atoms with van der Waals surface area (Å²) in [4.78, 5) is 12.2. The predicted molar refractivity (Wildman–Crippen MR) is 78.8 cm³/mol. The first-order valence-electron chi connectivity index (χ1n) is 6.99. The number of aryl methyl sites for hydroxylation is 2. The van der Waals surface area contributed by atoms with Crippen molar-refractivity contribution in [3.8, 4) is 5.75 Å². The Kier molecular flexibility index (Phi) is 3.31. The van der Waals surface area contributed by atoms with Gasteiger partial charge in [0.15, 0.2) is 0 Å². The van der Waals surface area contributed by atoms with Crippen LogP contribution in [0.5, 0.6) is 5.75 Å². The lowest BCUT2D eigenvalue weighted by Crippen LogP contribution is -2.12. The molecular formula is C18H18O2. The number of para-hydroxylation sites is 1. The Balaban J connectivity index is 1.70. The molecule has 2 atom stereocenters. The van der Waals surface area contributed by atoms with Gasteiger partial charge in [-0.25, -0.2) is 0 Å². The quantitative estimate of drug-likeness (QED) is 0.619. The van der Waals surface area contributed by atoms with Crippen molar-refractivity contribution in [2.24, 2.45) is 5.92 Å². The Morgan fingerprint density at radius 3 is 2.30 bits per heavy atom. The molecule has 2 nitrogen and oxygen atoms in total. The summed E-state index contributed by atoms with van der Waals surface area (Å²) in [5.41, 5.74) is 3.25. The van der Waals surface area contributed by atoms with Gasteiger partial charge in [-0.15, -0.1) is 0 Å². The van der Waals surface area contributed by atoms with Gasteiger partial charge in [-0.05, 0) is 42.9 Å². The van der Waals surface area contributed by atoms with E-state index in [1.807, 2.05) is 50.2 Å². The Bertz CT molecular complexity index is 611. The Morgan fingerprint density at radius 2 is 1.65 bits per heavy atom. The summed E-state index contributed by atoms with van der Waals surface area (Å²) < 4.78 is 5.61. The van der Waals surface area contributed by atoms with Crippen molar-refractivity contribution < 1.29 is 9.53 Å². The third-order valence-electron chi connectivity index (χ3n) is 3.93. The van der Waals surface area contributed by atoms with Crippen molar-refractivity contribution in [2.45, 2.75) is 26.2 Å². The highest BCUT2D eigenvalue weighted by atomic mass is 16.5. The minimum atomic E-state index is -0.101. The van der Waals surface area contributed by atoms with E-state index in [2.05, 4.69) is 12.1 Å². The molecule has 2 aromatic rings. The van der Waals surface area contributed by atoms with Gasteiger partial charge in [0.25, 0.3) is 0 Å². The van der Waals surface area contributed by atoms with E-state index in [0.29, 0.717) is 5.92 Å². The molecule has 0 saturated heterocycles. The van der Waals surface area contributed by atoms with Crippen molar-refractivity contribution in [2.75, 3.05) is 0 Å². The molecule has 102 valence electrons. The highest BCUT2D eigenvalue weighted by Crippen LogP contribution is 2.48. The highest BCUT2D eigenvalue weighted by Gasteiger charge is 2.45. The summed E-state index contributed by atoms with van der Waals surface area (Å²) in [6, 6.07) is 16.1. The van der Waals surface area contributed by atoms with E-state index in [1.165, 1.54) is 5.56 Å². The molecule has 1 fully saturated rings. The second-order valence-corrected chi connectivity index (χ2v) is 5.50. The minimum Gasteiger partial charge on any atom is -0.426 e. The highest BCUT2D eigenvalue weighted by molar-refractivity contribution is 5.80. The number of ether oxygens (including phenoxy) is 1. The summed E-state index contributed by atoms with van der Waals surface area (Å²) in [5, 5.41) is 0. The maximum absolute atomic E-state index is 12.2. The van der Waals surface area contributed by atoms with E-state index in [-0.39, 0.29) is 11.9 Å². The Morgan fingerprint density at radius 1 is 1.00 bits per heavy atom. The minimum absolute atomic E-state index is 0.0106. The van der Waals surface area contributed by atoms with Gasteiger partial charge in [0.1, 0.15) is 5.75 Å². The van der Waals surface area contributed by atoms with Crippen molar-refractivity contribution in [1.29, 1.82) is 0 Å². The molecule has 0 spiro atoms. The van der Waals surface area contributed by atoms with Gasteiger partial charge in [-0.2, -0.15) is 0 Å². The van der Waals surface area contributed by atoms with Gasteiger partial charge < -0.3 is 4.74 Å². The van der Waals surface area contributed by atoms with Crippen LogP contribution in [0.1, 0.15) is 29.0 Å². The van der Waals surface area contributed by atoms with Gasteiger partial charge in [0.05, 0.1) is 5.92 Å². The molecule has 0 aromatic heterocycles. The maximum Gasteiger partial charge on any atom is 0.314 e. The second-order valence-electron chi connectivity index (χ2n) is 5.50. The Hall–Kier alpha value is -2.09. The monoisotopic (exact) mass is 266 g/mol. The fraction of sp³-hybridized carbons (Fsp3) is 0.278. The summed E-state index contributed by atoms with van der Waals surface area (Å²) in [5.74, 6) is 0.955. The lowest BCUT2D eigenvalue weighted by molar-refractivity contribution is -0.136. The average molecular weight is 266 g/mol. The van der Waals surface area contributed by atoms with E-state index in [9.17, 15) is 4.79 Å². The molecule has 0 unspecified atom stereocenters. The first-order valence-corrected chi connectivity index (χ1v) is 6.99. The van der Waals surface area contributed by atoms with E-state index in [1.54, 1.807) is 0 Å². The maximum atomic E-state index is 12.2. The number of esters is 1. The first kappa shape index (κ1) is 12.9. The summed E-state index contributed by atoms with van der Waals surface area (Å²) in [6.07, 6.45) is 0.897.